The third-order valence-corrected chi connectivity index (χ3v) is 5.80. The van der Waals surface area contributed by atoms with Crippen LogP contribution in [-0.4, -0.2) is 36.5 Å². The summed E-state index contributed by atoms with van der Waals surface area (Å²) in [6.07, 6.45) is 5.34. The second-order valence-electron chi connectivity index (χ2n) is 6.38. The van der Waals surface area contributed by atoms with Crippen LogP contribution in [0, 0.1) is 0 Å². The largest absolute Gasteiger partial charge is 0.495 e. The number of benzene rings is 2. The number of methoxy groups -OCH3 is 1. The predicted molar refractivity (Wildman–Crippen MR) is 113 cm³/mol. The van der Waals surface area contributed by atoms with E-state index in [0.717, 1.165) is 5.56 Å². The van der Waals surface area contributed by atoms with Gasteiger partial charge >= 0.3 is 0 Å². The molecular formula is C21H20N4O4S. The minimum absolute atomic E-state index is 0.121. The lowest BCUT2D eigenvalue weighted by atomic mass is 10.1. The van der Waals surface area contributed by atoms with Gasteiger partial charge in [-0.2, -0.15) is 0 Å². The summed E-state index contributed by atoms with van der Waals surface area (Å²) in [7, 11) is -2.34. The smallest absolute Gasteiger partial charge is 0.262 e. The first-order valence-corrected chi connectivity index (χ1v) is 10.7. The molecule has 0 saturated heterocycles. The number of hydrogen-bond donors (Lipinski definition) is 1. The SMILES string of the molecule is CCOc1ccc(S(=O)(=O)Nc2cc(-c3cn4cccnc4n3)ccc2OC)cc1. The molecule has 0 aliphatic rings. The van der Waals surface area contributed by atoms with Gasteiger partial charge < -0.3 is 9.47 Å². The Kier molecular flexibility index (Phi) is 5.28. The Morgan fingerprint density at radius 1 is 1.13 bits per heavy atom. The number of ether oxygens (including phenoxy) is 2. The van der Waals surface area contributed by atoms with E-state index in [1.165, 1.54) is 19.2 Å². The van der Waals surface area contributed by atoms with Gasteiger partial charge in [-0.15, -0.1) is 0 Å². The predicted octanol–water partition coefficient (Wildman–Crippen LogP) is 3.60. The number of hydrogen-bond acceptors (Lipinski definition) is 6. The Hall–Kier alpha value is -3.59. The Bertz CT molecular complexity index is 1250. The van der Waals surface area contributed by atoms with Crippen LogP contribution in [0.2, 0.25) is 0 Å². The second-order valence-corrected chi connectivity index (χ2v) is 8.06. The molecule has 2 aromatic heterocycles. The summed E-state index contributed by atoms with van der Waals surface area (Å²) < 4.78 is 40.9. The zero-order valence-corrected chi connectivity index (χ0v) is 17.3. The highest BCUT2D eigenvalue weighted by Crippen LogP contribution is 2.32. The normalized spacial score (nSPS) is 11.4. The average Bonchev–Trinajstić information content (AvgIpc) is 3.18. The average molecular weight is 424 g/mol. The number of nitrogens with zero attached hydrogens (tertiary/aromatic N) is 3. The minimum atomic E-state index is -3.82. The lowest BCUT2D eigenvalue weighted by Gasteiger charge is -2.13. The van der Waals surface area contributed by atoms with Gasteiger partial charge in [-0.25, -0.2) is 18.4 Å². The van der Waals surface area contributed by atoms with Crippen molar-refractivity contribution >= 4 is 21.5 Å². The molecule has 0 atom stereocenters. The molecule has 0 fully saturated rings. The molecule has 4 aromatic rings. The van der Waals surface area contributed by atoms with Crippen molar-refractivity contribution in [1.29, 1.82) is 0 Å². The summed E-state index contributed by atoms with van der Waals surface area (Å²) in [6, 6.07) is 13.2. The van der Waals surface area contributed by atoms with E-state index in [4.69, 9.17) is 9.47 Å². The molecule has 0 spiro atoms. The molecule has 154 valence electrons. The fraction of sp³-hybridized carbons (Fsp3) is 0.143. The summed E-state index contributed by atoms with van der Waals surface area (Å²) in [6.45, 7) is 2.37. The summed E-state index contributed by atoms with van der Waals surface area (Å²) in [4.78, 5) is 8.81. The van der Waals surface area contributed by atoms with Gasteiger partial charge in [0.15, 0.2) is 0 Å². The Morgan fingerprint density at radius 2 is 1.93 bits per heavy atom. The maximum absolute atomic E-state index is 12.9. The molecule has 0 saturated carbocycles. The first-order chi connectivity index (χ1) is 14.5. The van der Waals surface area contributed by atoms with Crippen molar-refractivity contribution in [3.63, 3.8) is 0 Å². The second kappa shape index (κ2) is 8.03. The topological polar surface area (TPSA) is 94.8 Å². The quantitative estimate of drug-likeness (QED) is 0.487. The van der Waals surface area contributed by atoms with Crippen molar-refractivity contribution in [2.75, 3.05) is 18.4 Å². The molecular weight excluding hydrogens is 404 g/mol. The van der Waals surface area contributed by atoms with Crippen LogP contribution >= 0.6 is 0 Å². The molecule has 0 aliphatic heterocycles. The van der Waals surface area contributed by atoms with E-state index in [1.54, 1.807) is 34.9 Å². The van der Waals surface area contributed by atoms with E-state index in [2.05, 4.69) is 14.7 Å². The standard InChI is InChI=1S/C21H20N4O4S/c1-3-29-16-6-8-17(9-7-16)30(26,27)24-18-13-15(5-10-20(18)28-2)19-14-25-12-4-11-22-21(25)23-19/h4-14,24H,3H2,1-2H3. The lowest BCUT2D eigenvalue weighted by Crippen LogP contribution is -2.13. The highest BCUT2D eigenvalue weighted by molar-refractivity contribution is 7.92. The van der Waals surface area contributed by atoms with Crippen LogP contribution < -0.4 is 14.2 Å². The highest BCUT2D eigenvalue weighted by Gasteiger charge is 2.18. The van der Waals surface area contributed by atoms with Crippen LogP contribution in [0.1, 0.15) is 6.92 Å². The van der Waals surface area contributed by atoms with Gasteiger partial charge in [0, 0.05) is 24.2 Å². The fourth-order valence-corrected chi connectivity index (χ4v) is 4.06. The highest BCUT2D eigenvalue weighted by atomic mass is 32.2. The first-order valence-electron chi connectivity index (χ1n) is 9.24. The van der Waals surface area contributed by atoms with Crippen LogP contribution in [0.15, 0.2) is 72.0 Å². The molecule has 0 amide bonds. The third kappa shape index (κ3) is 3.92. The van der Waals surface area contributed by atoms with Gasteiger partial charge in [0.1, 0.15) is 11.5 Å². The van der Waals surface area contributed by atoms with Crippen LogP contribution in [-0.2, 0) is 10.0 Å². The molecule has 9 heteroatoms. The number of rotatable bonds is 7. The third-order valence-electron chi connectivity index (χ3n) is 4.42. The van der Waals surface area contributed by atoms with E-state index in [9.17, 15) is 8.42 Å². The van der Waals surface area contributed by atoms with Gasteiger partial charge in [-0.05, 0) is 55.5 Å². The zero-order chi connectivity index (χ0) is 21.1. The summed E-state index contributed by atoms with van der Waals surface area (Å²) in [5, 5.41) is 0. The molecule has 2 aromatic carbocycles. The van der Waals surface area contributed by atoms with Crippen LogP contribution in [0.4, 0.5) is 5.69 Å². The molecule has 0 unspecified atom stereocenters. The number of nitrogens with one attached hydrogen (secondary N) is 1. The first kappa shape index (κ1) is 19.7. The monoisotopic (exact) mass is 424 g/mol. The van der Waals surface area contributed by atoms with Gasteiger partial charge in [0.2, 0.25) is 5.78 Å². The molecule has 8 nitrogen and oxygen atoms in total. The molecule has 30 heavy (non-hydrogen) atoms. The van der Waals surface area contributed by atoms with Crippen LogP contribution in [0.5, 0.6) is 11.5 Å². The minimum Gasteiger partial charge on any atom is -0.495 e. The summed E-state index contributed by atoms with van der Waals surface area (Å²) in [5.74, 6) is 1.56. The van der Waals surface area contributed by atoms with E-state index >= 15 is 0 Å². The molecule has 0 bridgehead atoms. The van der Waals surface area contributed by atoms with Crippen molar-refractivity contribution in [2.24, 2.45) is 0 Å². The Balaban J connectivity index is 1.68. The van der Waals surface area contributed by atoms with E-state index in [0.29, 0.717) is 35.3 Å². The van der Waals surface area contributed by atoms with Crippen molar-refractivity contribution in [1.82, 2.24) is 14.4 Å². The van der Waals surface area contributed by atoms with Gasteiger partial charge in [0.05, 0.1) is 30.0 Å². The molecule has 2 heterocycles. The van der Waals surface area contributed by atoms with Crippen molar-refractivity contribution < 1.29 is 17.9 Å². The van der Waals surface area contributed by atoms with Crippen molar-refractivity contribution in [3.05, 3.63) is 67.1 Å². The van der Waals surface area contributed by atoms with Crippen molar-refractivity contribution in [3.8, 4) is 22.8 Å². The van der Waals surface area contributed by atoms with Gasteiger partial charge in [-0.1, -0.05) is 0 Å². The van der Waals surface area contributed by atoms with Crippen molar-refractivity contribution in [2.45, 2.75) is 11.8 Å². The van der Waals surface area contributed by atoms with E-state index < -0.39 is 10.0 Å². The molecule has 4 rings (SSSR count). The van der Waals surface area contributed by atoms with E-state index in [1.807, 2.05) is 31.5 Å². The van der Waals surface area contributed by atoms with Crippen LogP contribution in [0.3, 0.4) is 0 Å². The number of aromatic nitrogens is 3. The maximum atomic E-state index is 12.9. The van der Waals surface area contributed by atoms with Gasteiger partial charge in [0.25, 0.3) is 10.0 Å². The van der Waals surface area contributed by atoms with E-state index in [-0.39, 0.29) is 4.90 Å². The van der Waals surface area contributed by atoms with Gasteiger partial charge in [-0.3, -0.25) is 9.12 Å². The Morgan fingerprint density at radius 3 is 2.63 bits per heavy atom. The molecule has 1 N–H and O–H groups in total. The lowest BCUT2D eigenvalue weighted by molar-refractivity contribution is 0.340. The number of anilines is 1. The fourth-order valence-electron chi connectivity index (χ4n) is 3.00. The molecule has 0 radical (unpaired) electrons. The Labute approximate surface area is 174 Å². The maximum Gasteiger partial charge on any atom is 0.262 e. The number of imidazole rings is 1. The number of fused-ring (bicyclic) bond motifs is 1. The number of sulfonamides is 1. The summed E-state index contributed by atoms with van der Waals surface area (Å²) >= 11 is 0. The van der Waals surface area contributed by atoms with Crippen LogP contribution in [0.25, 0.3) is 17.0 Å². The zero-order valence-electron chi connectivity index (χ0n) is 16.4. The summed E-state index contributed by atoms with van der Waals surface area (Å²) in [5.41, 5.74) is 1.71. The molecule has 0 aliphatic carbocycles.